The molecule has 1 aromatic rings. The van der Waals surface area contributed by atoms with Crippen LogP contribution in [0.1, 0.15) is 0 Å². The van der Waals surface area contributed by atoms with Crippen LogP contribution in [0.25, 0.3) is 0 Å². The molecule has 1 heterocycles. The zero-order chi connectivity index (χ0) is 7.56. The normalized spacial score (nSPS) is 9.30. The number of hydrogen-bond donors (Lipinski definition) is 1. The summed E-state index contributed by atoms with van der Waals surface area (Å²) in [5, 5.41) is 2.66. The van der Waals surface area contributed by atoms with Gasteiger partial charge in [0.2, 0.25) is 0 Å². The highest BCUT2D eigenvalue weighted by atomic mass is 79.9. The number of nitrogen functional groups attached to an aromatic ring is 1. The van der Waals surface area contributed by atoms with E-state index in [0.29, 0.717) is 4.47 Å². The van der Waals surface area contributed by atoms with Gasteiger partial charge < -0.3 is 5.73 Å². The lowest BCUT2D eigenvalue weighted by Crippen LogP contribution is -1.88. The van der Waals surface area contributed by atoms with Gasteiger partial charge in [-0.2, -0.15) is 0 Å². The van der Waals surface area contributed by atoms with E-state index in [1.54, 1.807) is 0 Å². The molecule has 0 radical (unpaired) electrons. The summed E-state index contributed by atoms with van der Waals surface area (Å²) in [6.07, 6.45) is 1.50. The molecule has 1 aromatic heterocycles. The number of nitrogens with two attached hydrogens (primary N) is 1. The number of nitrogens with zero attached hydrogens (tertiary/aromatic N) is 2. The molecule has 0 aromatic carbocycles. The van der Waals surface area contributed by atoms with Crippen molar-refractivity contribution >= 4 is 27.4 Å². The molecule has 5 heteroatoms. The number of hydrogen-bond acceptors (Lipinski definition) is 4. The smallest absolute Gasteiger partial charge is 0.153 e. The summed E-state index contributed by atoms with van der Waals surface area (Å²) in [4.78, 5) is 13.7. The predicted octanol–water partition coefficient (Wildman–Crippen LogP) is 1.82. The highest BCUT2D eigenvalue weighted by Gasteiger charge is 1.99. The molecule has 0 amide bonds. The van der Waals surface area contributed by atoms with Gasteiger partial charge in [0.1, 0.15) is 0 Å². The highest BCUT2D eigenvalue weighted by molar-refractivity contribution is 9.10. The van der Waals surface area contributed by atoms with Gasteiger partial charge >= 0.3 is 0 Å². The van der Waals surface area contributed by atoms with Crippen LogP contribution < -0.4 is 5.73 Å². The van der Waals surface area contributed by atoms with Gasteiger partial charge in [-0.1, -0.05) is 0 Å². The van der Waals surface area contributed by atoms with Crippen LogP contribution in [0.3, 0.4) is 0 Å². The summed E-state index contributed by atoms with van der Waals surface area (Å²) >= 11 is 3.12. The Labute approximate surface area is 65.6 Å². The number of nitroso groups, excluding NO2 is 1. The Morgan fingerprint density at radius 2 is 2.40 bits per heavy atom. The average Bonchev–Trinajstić information content (AvgIpc) is 1.94. The number of rotatable bonds is 1. The van der Waals surface area contributed by atoms with Crippen molar-refractivity contribution < 1.29 is 0 Å². The molecule has 0 aliphatic carbocycles. The third-order valence-corrected chi connectivity index (χ3v) is 1.40. The fourth-order valence-electron chi connectivity index (χ4n) is 0.512. The summed E-state index contributed by atoms with van der Waals surface area (Å²) < 4.78 is 0.691. The lowest BCUT2D eigenvalue weighted by molar-refractivity contribution is 1.29. The first-order valence-corrected chi connectivity index (χ1v) is 3.27. The molecule has 0 aliphatic rings. The molecule has 0 saturated heterocycles. The summed E-state index contributed by atoms with van der Waals surface area (Å²) in [6, 6.07) is 1.51. The second-order valence-electron chi connectivity index (χ2n) is 1.65. The first-order valence-electron chi connectivity index (χ1n) is 2.48. The minimum absolute atomic E-state index is 0.151. The number of aromatic nitrogens is 1. The maximum Gasteiger partial charge on any atom is 0.153 e. The molecule has 0 saturated carbocycles. The summed E-state index contributed by atoms with van der Waals surface area (Å²) in [7, 11) is 0. The zero-order valence-corrected chi connectivity index (χ0v) is 6.50. The van der Waals surface area contributed by atoms with Crippen LogP contribution in [-0.4, -0.2) is 4.98 Å². The summed E-state index contributed by atoms with van der Waals surface area (Å²) in [5.41, 5.74) is 5.44. The van der Waals surface area contributed by atoms with E-state index in [9.17, 15) is 4.91 Å². The Bertz CT molecular complexity index is 263. The van der Waals surface area contributed by atoms with Crippen molar-refractivity contribution in [3.63, 3.8) is 0 Å². The Morgan fingerprint density at radius 1 is 1.70 bits per heavy atom. The molecule has 0 aliphatic heterocycles. The zero-order valence-electron chi connectivity index (χ0n) is 4.91. The van der Waals surface area contributed by atoms with Crippen LogP contribution in [0.15, 0.2) is 21.9 Å². The van der Waals surface area contributed by atoms with Gasteiger partial charge in [0.25, 0.3) is 0 Å². The van der Waals surface area contributed by atoms with Crippen molar-refractivity contribution in [2.75, 3.05) is 5.73 Å². The van der Waals surface area contributed by atoms with Gasteiger partial charge in [0, 0.05) is 10.7 Å². The molecule has 10 heavy (non-hydrogen) atoms. The third-order valence-electron chi connectivity index (χ3n) is 0.962. The van der Waals surface area contributed by atoms with Crippen molar-refractivity contribution in [1.82, 2.24) is 4.98 Å². The molecule has 0 bridgehead atoms. The van der Waals surface area contributed by atoms with Gasteiger partial charge in [-0.3, -0.25) is 0 Å². The fourth-order valence-corrected chi connectivity index (χ4v) is 0.831. The minimum Gasteiger partial charge on any atom is -0.382 e. The van der Waals surface area contributed by atoms with Crippen molar-refractivity contribution in [1.29, 1.82) is 0 Å². The van der Waals surface area contributed by atoms with Crippen LogP contribution in [0.2, 0.25) is 0 Å². The van der Waals surface area contributed by atoms with Crippen molar-refractivity contribution in [2.24, 2.45) is 5.18 Å². The first kappa shape index (κ1) is 7.14. The second kappa shape index (κ2) is 2.74. The van der Waals surface area contributed by atoms with Crippen LogP contribution in [0.4, 0.5) is 11.5 Å². The maximum absolute atomic E-state index is 9.99. The van der Waals surface area contributed by atoms with Gasteiger partial charge in [-0.25, -0.2) is 4.98 Å². The van der Waals surface area contributed by atoms with E-state index in [0.717, 1.165) is 0 Å². The Balaban J connectivity index is 3.21. The second-order valence-corrected chi connectivity index (χ2v) is 2.56. The average molecular weight is 202 g/mol. The van der Waals surface area contributed by atoms with Crippen LogP contribution in [-0.2, 0) is 0 Å². The maximum atomic E-state index is 9.99. The van der Waals surface area contributed by atoms with E-state index in [1.807, 2.05) is 0 Å². The predicted molar refractivity (Wildman–Crippen MR) is 41.8 cm³/mol. The molecule has 0 atom stereocenters. The topological polar surface area (TPSA) is 68.3 Å². The monoisotopic (exact) mass is 201 g/mol. The molecule has 52 valence electrons. The van der Waals surface area contributed by atoms with Gasteiger partial charge in [-0.15, -0.1) is 4.91 Å². The Hall–Kier alpha value is -0.970. The standard InChI is InChI=1S/C5H4BrN3O/c6-3-1-4(9-10)5(7)8-2-3/h1-2H,(H2,7,8). The molecular formula is C5H4BrN3O. The summed E-state index contributed by atoms with van der Waals surface area (Å²) in [5.74, 6) is 0.151. The molecule has 0 unspecified atom stereocenters. The number of pyridine rings is 1. The lowest BCUT2D eigenvalue weighted by atomic mass is 10.4. The number of halogens is 1. The molecule has 2 N–H and O–H groups in total. The molecular weight excluding hydrogens is 198 g/mol. The molecule has 4 nitrogen and oxygen atoms in total. The van der Waals surface area contributed by atoms with Gasteiger partial charge in [0.05, 0.1) is 0 Å². The van der Waals surface area contributed by atoms with Crippen LogP contribution in [0, 0.1) is 4.91 Å². The molecule has 0 fully saturated rings. The Morgan fingerprint density at radius 3 is 2.90 bits per heavy atom. The van der Waals surface area contributed by atoms with E-state index in [2.05, 4.69) is 26.1 Å². The molecule has 1 rings (SSSR count). The van der Waals surface area contributed by atoms with E-state index in [1.165, 1.54) is 12.3 Å². The Kier molecular flexibility index (Phi) is 1.96. The van der Waals surface area contributed by atoms with Crippen molar-refractivity contribution in [2.45, 2.75) is 0 Å². The van der Waals surface area contributed by atoms with Crippen LogP contribution in [0.5, 0.6) is 0 Å². The highest BCUT2D eigenvalue weighted by Crippen LogP contribution is 2.22. The van der Waals surface area contributed by atoms with Crippen LogP contribution >= 0.6 is 15.9 Å². The van der Waals surface area contributed by atoms with E-state index < -0.39 is 0 Å². The molecule has 0 spiro atoms. The van der Waals surface area contributed by atoms with Gasteiger partial charge in [-0.05, 0) is 27.2 Å². The largest absolute Gasteiger partial charge is 0.382 e. The SMILES string of the molecule is Nc1ncc(Br)cc1N=O. The van der Waals surface area contributed by atoms with Gasteiger partial charge in [0.15, 0.2) is 11.5 Å². The lowest BCUT2D eigenvalue weighted by Gasteiger charge is -1.93. The summed E-state index contributed by atoms with van der Waals surface area (Å²) in [6.45, 7) is 0. The van der Waals surface area contributed by atoms with E-state index in [4.69, 9.17) is 5.73 Å². The van der Waals surface area contributed by atoms with Crippen molar-refractivity contribution in [3.8, 4) is 0 Å². The fraction of sp³-hybridized carbons (Fsp3) is 0. The number of anilines is 1. The van der Waals surface area contributed by atoms with E-state index >= 15 is 0 Å². The van der Waals surface area contributed by atoms with E-state index in [-0.39, 0.29) is 11.5 Å². The quantitative estimate of drug-likeness (QED) is 0.706. The van der Waals surface area contributed by atoms with Crippen molar-refractivity contribution in [3.05, 3.63) is 21.6 Å². The first-order chi connectivity index (χ1) is 4.74. The minimum atomic E-state index is 0.151. The third kappa shape index (κ3) is 1.30.